The van der Waals surface area contributed by atoms with Gasteiger partial charge in [0.25, 0.3) is 5.91 Å². The molecule has 0 saturated heterocycles. The second-order valence-corrected chi connectivity index (χ2v) is 11.1. The maximum atomic E-state index is 13.8. The second kappa shape index (κ2) is 11.9. The fourth-order valence-corrected chi connectivity index (χ4v) is 5.09. The SMILES string of the molecule is O=C(NC1(C(=O)NCCn2ccnc2)CC1)c1ccc(/C=C/C(c2cc(Cl)c(Cl)c(Cl)c2)C(F)(F)F)cc1Br. The number of amides is 2. The predicted octanol–water partition coefficient (Wildman–Crippen LogP) is 7.04. The fourth-order valence-electron chi connectivity index (χ4n) is 3.90. The summed E-state index contributed by atoms with van der Waals surface area (Å²) in [6.07, 6.45) is 3.72. The normalized spacial score (nSPS) is 15.3. The molecule has 2 amide bonds. The Balaban J connectivity index is 1.43. The van der Waals surface area contributed by atoms with Crippen LogP contribution in [0.1, 0.15) is 40.2 Å². The topological polar surface area (TPSA) is 76.0 Å². The number of imidazole rings is 1. The summed E-state index contributed by atoms with van der Waals surface area (Å²) >= 11 is 21.1. The Labute approximate surface area is 245 Å². The Morgan fingerprint density at radius 2 is 1.85 bits per heavy atom. The lowest BCUT2D eigenvalue weighted by atomic mass is 9.97. The van der Waals surface area contributed by atoms with Gasteiger partial charge < -0.3 is 15.2 Å². The van der Waals surface area contributed by atoms with Gasteiger partial charge in [0, 0.05) is 30.0 Å². The Morgan fingerprint density at radius 3 is 2.41 bits per heavy atom. The molecule has 1 aliphatic carbocycles. The van der Waals surface area contributed by atoms with Gasteiger partial charge in [-0.3, -0.25) is 9.59 Å². The number of nitrogens with zero attached hydrogens (tertiary/aromatic N) is 2. The molecule has 2 N–H and O–H groups in total. The maximum absolute atomic E-state index is 13.8. The highest BCUT2D eigenvalue weighted by Crippen LogP contribution is 2.41. The lowest BCUT2D eigenvalue weighted by molar-refractivity contribution is -0.139. The number of carbonyl (C=O) groups is 2. The van der Waals surface area contributed by atoms with E-state index in [4.69, 9.17) is 34.8 Å². The number of allylic oxidation sites excluding steroid dienone is 1. The van der Waals surface area contributed by atoms with Gasteiger partial charge in [-0.1, -0.05) is 53.0 Å². The first kappa shape index (κ1) is 29.5. The maximum Gasteiger partial charge on any atom is 0.399 e. The highest BCUT2D eigenvalue weighted by Gasteiger charge is 2.51. The molecule has 1 aromatic heterocycles. The van der Waals surface area contributed by atoms with Crippen molar-refractivity contribution in [1.82, 2.24) is 20.2 Å². The summed E-state index contributed by atoms with van der Waals surface area (Å²) in [7, 11) is 0. The van der Waals surface area contributed by atoms with E-state index in [1.165, 1.54) is 24.3 Å². The first-order valence-electron chi connectivity index (χ1n) is 11.6. The second-order valence-electron chi connectivity index (χ2n) is 9.01. The molecule has 2 aromatic carbocycles. The smallest absolute Gasteiger partial charge is 0.352 e. The molecule has 0 radical (unpaired) electrons. The van der Waals surface area contributed by atoms with Gasteiger partial charge in [0.2, 0.25) is 5.91 Å². The first-order chi connectivity index (χ1) is 18.4. The number of rotatable bonds is 9. The molecule has 1 saturated carbocycles. The number of alkyl halides is 3. The zero-order valence-electron chi connectivity index (χ0n) is 20.0. The van der Waals surface area contributed by atoms with E-state index in [0.29, 0.717) is 36.0 Å². The van der Waals surface area contributed by atoms with Crippen molar-refractivity contribution in [3.05, 3.63) is 91.4 Å². The molecular weight excluding hydrogens is 644 g/mol. The predicted molar refractivity (Wildman–Crippen MR) is 148 cm³/mol. The van der Waals surface area contributed by atoms with Crippen molar-refractivity contribution in [2.75, 3.05) is 6.54 Å². The number of halogens is 7. The number of hydrogen-bond acceptors (Lipinski definition) is 3. The lowest BCUT2D eigenvalue weighted by Crippen LogP contribution is -2.49. The molecule has 4 rings (SSSR count). The van der Waals surface area contributed by atoms with Crippen LogP contribution in [0.3, 0.4) is 0 Å². The summed E-state index contributed by atoms with van der Waals surface area (Å²) in [5.74, 6) is -2.74. The minimum Gasteiger partial charge on any atom is -0.352 e. The van der Waals surface area contributed by atoms with Crippen LogP contribution in [0.15, 0.2) is 59.6 Å². The van der Waals surface area contributed by atoms with Crippen molar-refractivity contribution < 1.29 is 22.8 Å². The van der Waals surface area contributed by atoms with Gasteiger partial charge in [0.15, 0.2) is 0 Å². The van der Waals surface area contributed by atoms with Crippen molar-refractivity contribution >= 4 is 68.6 Å². The monoisotopic (exact) mass is 662 g/mol. The van der Waals surface area contributed by atoms with Crippen molar-refractivity contribution in [3.63, 3.8) is 0 Å². The molecule has 0 aliphatic heterocycles. The molecule has 0 bridgehead atoms. The Bertz CT molecular complexity index is 1390. The zero-order chi connectivity index (χ0) is 28.4. The summed E-state index contributed by atoms with van der Waals surface area (Å²) in [6.45, 7) is 0.925. The molecule has 13 heteroatoms. The van der Waals surface area contributed by atoms with Crippen LogP contribution < -0.4 is 10.6 Å². The van der Waals surface area contributed by atoms with Gasteiger partial charge in [0.05, 0.1) is 32.9 Å². The van der Waals surface area contributed by atoms with E-state index < -0.39 is 23.5 Å². The molecule has 206 valence electrons. The average Bonchev–Trinajstić information content (AvgIpc) is 3.45. The third-order valence-corrected chi connectivity index (χ3v) is 8.04. The fraction of sp³-hybridized carbons (Fsp3) is 0.269. The van der Waals surface area contributed by atoms with Gasteiger partial charge in [-0.15, -0.1) is 0 Å². The molecule has 39 heavy (non-hydrogen) atoms. The Morgan fingerprint density at radius 1 is 1.15 bits per heavy atom. The molecule has 1 heterocycles. The highest BCUT2D eigenvalue weighted by atomic mass is 79.9. The first-order valence-corrected chi connectivity index (χ1v) is 13.6. The van der Waals surface area contributed by atoms with E-state index in [1.807, 2.05) is 4.57 Å². The van der Waals surface area contributed by atoms with Crippen molar-refractivity contribution in [1.29, 1.82) is 0 Å². The molecule has 1 aliphatic rings. The minimum absolute atomic E-state index is 0.0234. The van der Waals surface area contributed by atoms with E-state index in [1.54, 1.807) is 18.7 Å². The van der Waals surface area contributed by atoms with Crippen LogP contribution >= 0.6 is 50.7 Å². The minimum atomic E-state index is -4.62. The lowest BCUT2D eigenvalue weighted by Gasteiger charge is -2.19. The van der Waals surface area contributed by atoms with Gasteiger partial charge in [0.1, 0.15) is 5.54 Å². The zero-order valence-corrected chi connectivity index (χ0v) is 23.9. The largest absolute Gasteiger partial charge is 0.399 e. The van der Waals surface area contributed by atoms with Gasteiger partial charge in [-0.2, -0.15) is 13.2 Å². The van der Waals surface area contributed by atoms with E-state index >= 15 is 0 Å². The summed E-state index contributed by atoms with van der Waals surface area (Å²) < 4.78 is 43.7. The van der Waals surface area contributed by atoms with E-state index in [0.717, 1.165) is 18.2 Å². The molecule has 1 atom stereocenters. The average molecular weight is 665 g/mol. The summed E-state index contributed by atoms with van der Waals surface area (Å²) in [5.41, 5.74) is -0.484. The van der Waals surface area contributed by atoms with Crippen molar-refractivity contribution in [3.8, 4) is 0 Å². The van der Waals surface area contributed by atoms with Gasteiger partial charge in [-0.25, -0.2) is 4.98 Å². The highest BCUT2D eigenvalue weighted by molar-refractivity contribution is 9.10. The standard InChI is InChI=1S/C26H21BrCl3F3N4O2/c27-19-11-15(2-4-18(26(31,32)33)16-12-20(28)22(30)21(29)13-16)1-3-17(19)23(38)36-25(5-6-25)24(39)35-8-10-37-9-7-34-14-37/h1-4,7,9,11-14,18H,5-6,8,10H2,(H,35,39)(H,36,38)/b4-2+. The third-order valence-electron chi connectivity index (χ3n) is 6.19. The van der Waals surface area contributed by atoms with Crippen LogP contribution in [-0.2, 0) is 11.3 Å². The molecule has 0 spiro atoms. The van der Waals surface area contributed by atoms with Crippen LogP contribution in [0.5, 0.6) is 0 Å². The van der Waals surface area contributed by atoms with Crippen LogP contribution in [0.2, 0.25) is 15.1 Å². The van der Waals surface area contributed by atoms with Crippen molar-refractivity contribution in [2.24, 2.45) is 0 Å². The number of carbonyl (C=O) groups excluding carboxylic acids is 2. The molecule has 3 aromatic rings. The van der Waals surface area contributed by atoms with Crippen LogP contribution in [-0.4, -0.2) is 39.6 Å². The van der Waals surface area contributed by atoms with E-state index in [2.05, 4.69) is 31.5 Å². The van der Waals surface area contributed by atoms with Crippen molar-refractivity contribution in [2.45, 2.75) is 37.0 Å². The third kappa shape index (κ3) is 7.16. The number of aromatic nitrogens is 2. The summed E-state index contributed by atoms with van der Waals surface area (Å²) in [6, 6.07) is 6.76. The molecule has 6 nitrogen and oxygen atoms in total. The van der Waals surface area contributed by atoms with E-state index in [-0.39, 0.29) is 32.1 Å². The quantitative estimate of drug-likeness (QED) is 0.241. The summed E-state index contributed by atoms with van der Waals surface area (Å²) in [5, 5.41) is 5.43. The molecule has 1 unspecified atom stereocenters. The number of benzene rings is 2. The van der Waals surface area contributed by atoms with E-state index in [9.17, 15) is 22.8 Å². The summed E-state index contributed by atoms with van der Waals surface area (Å²) in [4.78, 5) is 29.6. The van der Waals surface area contributed by atoms with Crippen LogP contribution in [0.4, 0.5) is 13.2 Å². The molecular formula is C26H21BrCl3F3N4O2. The van der Waals surface area contributed by atoms with Gasteiger partial charge >= 0.3 is 6.18 Å². The Kier molecular flexibility index (Phi) is 9.00. The van der Waals surface area contributed by atoms with Crippen LogP contribution in [0.25, 0.3) is 6.08 Å². The Hall–Kier alpha value is -2.53. The number of hydrogen-bond donors (Lipinski definition) is 2. The van der Waals surface area contributed by atoms with Crippen LogP contribution in [0, 0.1) is 0 Å². The molecule has 1 fully saturated rings. The number of nitrogens with one attached hydrogen (secondary N) is 2. The van der Waals surface area contributed by atoms with Gasteiger partial charge in [-0.05, 0) is 64.2 Å².